The molecule has 0 spiro atoms. The van der Waals surface area contributed by atoms with Crippen LogP contribution in [0.25, 0.3) is 0 Å². The van der Waals surface area contributed by atoms with Gasteiger partial charge < -0.3 is 9.84 Å². The molecule has 0 atom stereocenters. The van der Waals surface area contributed by atoms with E-state index in [0.717, 1.165) is 0 Å². The molecule has 0 aliphatic carbocycles. The Morgan fingerprint density at radius 3 is 2.36 bits per heavy atom. The number of amides is 1. The van der Waals surface area contributed by atoms with Crippen molar-refractivity contribution in [2.45, 2.75) is 25.7 Å². The van der Waals surface area contributed by atoms with Crippen LogP contribution in [0.4, 0.5) is 11.5 Å². The first kappa shape index (κ1) is 16.0. The summed E-state index contributed by atoms with van der Waals surface area (Å²) in [7, 11) is -3.75. The van der Waals surface area contributed by atoms with E-state index in [9.17, 15) is 13.2 Å². The van der Waals surface area contributed by atoms with Gasteiger partial charge in [-0.25, -0.2) is 8.42 Å². The normalized spacial score (nSPS) is 11.5. The van der Waals surface area contributed by atoms with E-state index in [1.807, 2.05) is 0 Å². The Balaban J connectivity index is 2.13. The van der Waals surface area contributed by atoms with E-state index in [4.69, 9.17) is 4.52 Å². The fraction of sp³-hybridized carbons (Fsp3) is 0.286. The molecule has 0 fully saturated rings. The summed E-state index contributed by atoms with van der Waals surface area (Å²) >= 11 is 0. The monoisotopic (exact) mass is 323 g/mol. The van der Waals surface area contributed by atoms with Crippen molar-refractivity contribution >= 4 is 27.4 Å². The number of carbonyl (C=O) groups is 1. The molecular weight excluding hydrogens is 306 g/mol. The van der Waals surface area contributed by atoms with Crippen molar-refractivity contribution < 1.29 is 17.7 Å². The van der Waals surface area contributed by atoms with Crippen LogP contribution in [-0.4, -0.2) is 19.5 Å². The average Bonchev–Trinajstić information content (AvgIpc) is 2.83. The van der Waals surface area contributed by atoms with Crippen LogP contribution in [-0.2, 0) is 14.8 Å². The molecule has 0 unspecified atom stereocenters. The summed E-state index contributed by atoms with van der Waals surface area (Å²) < 4.78 is 31.5. The highest BCUT2D eigenvalue weighted by atomic mass is 32.2. The number of rotatable bonds is 5. The van der Waals surface area contributed by atoms with Crippen molar-refractivity contribution in [2.24, 2.45) is 5.92 Å². The largest absolute Gasteiger partial charge is 0.360 e. The molecular formula is C14H17N3O4S. The second-order valence-electron chi connectivity index (χ2n) is 5.10. The second kappa shape index (κ2) is 6.18. The number of aromatic nitrogens is 1. The van der Waals surface area contributed by atoms with Gasteiger partial charge >= 0.3 is 0 Å². The maximum Gasteiger partial charge on any atom is 0.263 e. The highest BCUT2D eigenvalue weighted by Gasteiger charge is 2.16. The highest BCUT2D eigenvalue weighted by molar-refractivity contribution is 7.92. The lowest BCUT2D eigenvalue weighted by Crippen LogP contribution is -2.18. The third-order valence-corrected chi connectivity index (χ3v) is 4.19. The lowest BCUT2D eigenvalue weighted by atomic mass is 10.2. The number of nitrogens with one attached hydrogen (secondary N) is 2. The van der Waals surface area contributed by atoms with Gasteiger partial charge in [0.25, 0.3) is 10.0 Å². The van der Waals surface area contributed by atoms with Crippen LogP contribution in [0, 0.1) is 12.8 Å². The van der Waals surface area contributed by atoms with Crippen molar-refractivity contribution in [3.05, 3.63) is 36.1 Å². The Labute approximate surface area is 128 Å². The molecule has 0 aliphatic rings. The van der Waals surface area contributed by atoms with Gasteiger partial charge in [0.15, 0.2) is 5.82 Å². The van der Waals surface area contributed by atoms with Gasteiger partial charge in [-0.3, -0.25) is 9.52 Å². The molecule has 7 nitrogen and oxygen atoms in total. The van der Waals surface area contributed by atoms with Crippen molar-refractivity contribution in [1.29, 1.82) is 0 Å². The Hall–Kier alpha value is -2.35. The molecule has 0 aliphatic heterocycles. The predicted molar refractivity (Wildman–Crippen MR) is 82.0 cm³/mol. The van der Waals surface area contributed by atoms with Crippen molar-refractivity contribution in [3.63, 3.8) is 0 Å². The number of aryl methyl sites for hydroxylation is 1. The zero-order chi connectivity index (χ0) is 16.3. The smallest absolute Gasteiger partial charge is 0.263 e. The molecule has 0 radical (unpaired) electrons. The van der Waals surface area contributed by atoms with Crippen LogP contribution < -0.4 is 10.0 Å². The molecule has 1 amide bonds. The van der Waals surface area contributed by atoms with E-state index in [0.29, 0.717) is 11.4 Å². The van der Waals surface area contributed by atoms with Gasteiger partial charge in [0.1, 0.15) is 5.76 Å². The van der Waals surface area contributed by atoms with Gasteiger partial charge in [0, 0.05) is 17.7 Å². The van der Waals surface area contributed by atoms with Crippen LogP contribution in [0.5, 0.6) is 0 Å². The lowest BCUT2D eigenvalue weighted by molar-refractivity contribution is -0.118. The van der Waals surface area contributed by atoms with Crippen LogP contribution >= 0.6 is 0 Å². The summed E-state index contributed by atoms with van der Waals surface area (Å²) in [6.07, 6.45) is 0. The van der Waals surface area contributed by atoms with Gasteiger partial charge in [-0.05, 0) is 31.2 Å². The van der Waals surface area contributed by atoms with E-state index < -0.39 is 10.0 Å². The third-order valence-electron chi connectivity index (χ3n) is 2.82. The van der Waals surface area contributed by atoms with Gasteiger partial charge in [0.05, 0.1) is 4.90 Å². The van der Waals surface area contributed by atoms with Crippen LogP contribution in [0.3, 0.4) is 0 Å². The molecule has 2 aromatic rings. The molecule has 1 heterocycles. The van der Waals surface area contributed by atoms with E-state index in [2.05, 4.69) is 15.2 Å². The first-order valence-electron chi connectivity index (χ1n) is 6.65. The molecule has 1 aromatic carbocycles. The number of carbonyl (C=O) groups excluding carboxylic acids is 1. The van der Waals surface area contributed by atoms with E-state index in [1.54, 1.807) is 20.8 Å². The van der Waals surface area contributed by atoms with Crippen molar-refractivity contribution in [2.75, 3.05) is 10.0 Å². The van der Waals surface area contributed by atoms with Gasteiger partial charge in [-0.1, -0.05) is 19.0 Å². The average molecular weight is 323 g/mol. The SMILES string of the molecule is Cc1cc(NS(=O)(=O)c2ccc(NC(=O)C(C)C)cc2)no1. The Morgan fingerprint density at radius 1 is 1.23 bits per heavy atom. The second-order valence-corrected chi connectivity index (χ2v) is 6.78. The number of hydrogen-bond donors (Lipinski definition) is 2. The lowest BCUT2D eigenvalue weighted by Gasteiger charge is -2.09. The van der Waals surface area contributed by atoms with E-state index >= 15 is 0 Å². The molecule has 0 saturated heterocycles. The number of sulfonamides is 1. The first-order valence-corrected chi connectivity index (χ1v) is 8.13. The number of benzene rings is 1. The fourth-order valence-electron chi connectivity index (χ4n) is 1.62. The van der Waals surface area contributed by atoms with Gasteiger partial charge in [-0.15, -0.1) is 0 Å². The van der Waals surface area contributed by atoms with Crippen molar-refractivity contribution in [1.82, 2.24) is 5.16 Å². The standard InChI is InChI=1S/C14H17N3O4S/c1-9(2)14(18)15-11-4-6-12(7-5-11)22(19,20)17-13-8-10(3)21-16-13/h4-9H,1-3H3,(H,15,18)(H,16,17). The summed E-state index contributed by atoms with van der Waals surface area (Å²) in [5, 5.41) is 6.27. The summed E-state index contributed by atoms with van der Waals surface area (Å²) in [6.45, 7) is 5.22. The minimum Gasteiger partial charge on any atom is -0.360 e. The minimum atomic E-state index is -3.75. The number of hydrogen-bond acceptors (Lipinski definition) is 5. The molecule has 118 valence electrons. The summed E-state index contributed by atoms with van der Waals surface area (Å²) in [4.78, 5) is 11.6. The molecule has 1 aromatic heterocycles. The summed E-state index contributed by atoms with van der Waals surface area (Å²) in [5.41, 5.74) is 0.537. The maximum atomic E-state index is 12.2. The predicted octanol–water partition coefficient (Wildman–Crippen LogP) is 2.38. The summed E-state index contributed by atoms with van der Waals surface area (Å²) in [6, 6.07) is 7.36. The van der Waals surface area contributed by atoms with E-state index in [-0.39, 0.29) is 22.5 Å². The molecule has 8 heteroatoms. The Kier molecular flexibility index (Phi) is 4.51. The first-order chi connectivity index (χ1) is 10.3. The van der Waals surface area contributed by atoms with E-state index in [1.165, 1.54) is 30.3 Å². The van der Waals surface area contributed by atoms with Crippen LogP contribution in [0.2, 0.25) is 0 Å². The molecule has 2 N–H and O–H groups in total. The Bertz CT molecular complexity index is 764. The minimum absolute atomic E-state index is 0.0655. The highest BCUT2D eigenvalue weighted by Crippen LogP contribution is 2.18. The summed E-state index contributed by atoms with van der Waals surface area (Å²) in [5.74, 6) is 0.339. The fourth-order valence-corrected chi connectivity index (χ4v) is 2.60. The molecule has 22 heavy (non-hydrogen) atoms. The Morgan fingerprint density at radius 2 is 1.86 bits per heavy atom. The molecule has 0 bridgehead atoms. The number of nitrogens with zero attached hydrogens (tertiary/aromatic N) is 1. The van der Waals surface area contributed by atoms with Gasteiger partial charge in [-0.2, -0.15) is 0 Å². The topological polar surface area (TPSA) is 101 Å². The van der Waals surface area contributed by atoms with Gasteiger partial charge in [0.2, 0.25) is 5.91 Å². The molecule has 0 saturated carbocycles. The third kappa shape index (κ3) is 3.85. The van der Waals surface area contributed by atoms with Crippen LogP contribution in [0.1, 0.15) is 19.6 Å². The zero-order valence-electron chi connectivity index (χ0n) is 12.5. The number of anilines is 2. The molecule has 2 rings (SSSR count). The maximum absolute atomic E-state index is 12.2. The van der Waals surface area contributed by atoms with Crippen LogP contribution in [0.15, 0.2) is 39.8 Å². The quantitative estimate of drug-likeness (QED) is 0.879. The van der Waals surface area contributed by atoms with Crippen molar-refractivity contribution in [3.8, 4) is 0 Å². The zero-order valence-corrected chi connectivity index (χ0v) is 13.3.